The van der Waals surface area contributed by atoms with E-state index in [9.17, 15) is 0 Å². The molecule has 2 unspecified atom stereocenters. The summed E-state index contributed by atoms with van der Waals surface area (Å²) in [6, 6.07) is 68.1. The molecule has 9 aromatic carbocycles. The number of ether oxygens (including phenoxy) is 1. The first-order valence-corrected chi connectivity index (χ1v) is 40.0. The molecule has 16 rings (SSSR count). The highest BCUT2D eigenvalue weighted by molar-refractivity contribution is 6.43. The van der Waals surface area contributed by atoms with Crippen LogP contribution in [-0.2, 0) is 43.3 Å². The third-order valence-corrected chi connectivity index (χ3v) is 23.4. The molecule has 4 aliphatic rings. The molecule has 1 aliphatic heterocycles. The van der Waals surface area contributed by atoms with E-state index in [0.29, 0.717) is 54.4 Å². The molecule has 0 radical (unpaired) electrons. The van der Waals surface area contributed by atoms with Crippen LogP contribution in [0.2, 0.25) is 30.1 Å². The Kier molecular flexibility index (Phi) is 26.2. The average Bonchev–Trinajstić information content (AvgIpc) is 0.769. The first-order valence-electron chi connectivity index (χ1n) is 37.7. The van der Waals surface area contributed by atoms with E-state index in [1.54, 1.807) is 7.11 Å². The zero-order valence-electron chi connectivity index (χ0n) is 61.9. The van der Waals surface area contributed by atoms with E-state index in [4.69, 9.17) is 94.4 Å². The predicted octanol–water partition coefficient (Wildman–Crippen LogP) is 21.3. The summed E-state index contributed by atoms with van der Waals surface area (Å²) in [5.41, 5.74) is 23.4. The molecule has 12 aromatic rings. The molecule has 0 bridgehead atoms. The first-order chi connectivity index (χ1) is 53.7. The number of fused-ring (bicyclic) bond motifs is 9. The van der Waals surface area contributed by atoms with Crippen LogP contribution in [0.15, 0.2) is 219 Å². The standard InChI is InChI=1S/C33H35Cl2N5O.C31H32Cl2N4.C26H21Cl2N3O/c1-41-19-18-40-16-14-39(15-17-40)13-12-23-6-9-26(10-7-23)37-33-36-22-25-20-29(24-8-11-30(34)31(35)21-24)27-4-2-3-5-28(27)32(25)38-33;1-3-4-16-37(2)17-15-21-9-12-24(13-10-21)35-31-34-20-23-18-27(22-11-14-28(32)29(33)19-22)25-7-5-6-8-26(25)30(23)36-31;27-23-10-7-17(14-24(23)28)22-13-18-15-29-26(30-19-8-5-16(6-9-19)11-12-32)31-25(18)21-4-2-1-3-20(21)22/h2-11,21-22,29H,12-20H2,1H3,(H,36,37,38);5-14,19-20,27H,3-4,15-18H2,1-2H3,(H,34,35,36);1-10,14-15,22,32H,11-13H2,(H,29,30,31)/t;;22-/m..0/s1. The number of unbranched alkanes of at least 4 members (excludes halogenated alkanes) is 1. The van der Waals surface area contributed by atoms with E-state index in [1.807, 2.05) is 91.4 Å². The van der Waals surface area contributed by atoms with Gasteiger partial charge in [0.05, 0.1) is 53.8 Å². The van der Waals surface area contributed by atoms with Gasteiger partial charge in [-0.3, -0.25) is 4.90 Å². The number of methoxy groups -OCH3 is 1. The van der Waals surface area contributed by atoms with Gasteiger partial charge in [0.2, 0.25) is 17.8 Å². The van der Waals surface area contributed by atoms with Crippen molar-refractivity contribution in [2.24, 2.45) is 0 Å². The molecule has 562 valence electrons. The number of hydrogen-bond donors (Lipinski definition) is 4. The Morgan fingerprint density at radius 2 is 0.782 bits per heavy atom. The summed E-state index contributed by atoms with van der Waals surface area (Å²) in [5, 5.41) is 22.6. The van der Waals surface area contributed by atoms with Crippen molar-refractivity contribution in [2.45, 2.75) is 76.0 Å². The monoisotopic (exact) mass is 1580 g/mol. The minimum atomic E-state index is 0.142. The molecule has 110 heavy (non-hydrogen) atoms. The SMILES string of the molecule is CCCCN(C)CCc1ccc(Nc2ncc3c(n2)-c2ccccc2C(c2ccc(Cl)c(Cl)c2)C3)cc1.COCCN1CCN(CCc2ccc(Nc3ncc4c(n3)-c3ccccc3C(c3ccc(Cl)c(Cl)c3)C4)cc2)CC1.OCCc1ccc(Nc2ncc3c(n2)-c2ccccc2[C@H](c2ccc(Cl)c(Cl)c2)C3)cc1. The largest absolute Gasteiger partial charge is 0.396 e. The summed E-state index contributed by atoms with van der Waals surface area (Å²) in [4.78, 5) is 36.1. The summed E-state index contributed by atoms with van der Waals surface area (Å²) >= 11 is 37.5. The van der Waals surface area contributed by atoms with Gasteiger partial charge in [0.25, 0.3) is 0 Å². The first kappa shape index (κ1) is 77.9. The van der Waals surface area contributed by atoms with Crippen LogP contribution in [0, 0.1) is 0 Å². The van der Waals surface area contributed by atoms with Crippen LogP contribution < -0.4 is 16.0 Å². The quantitative estimate of drug-likeness (QED) is 0.0480. The van der Waals surface area contributed by atoms with Crippen LogP contribution >= 0.6 is 69.6 Å². The van der Waals surface area contributed by atoms with E-state index in [0.717, 1.165) is 181 Å². The van der Waals surface area contributed by atoms with Crippen molar-refractivity contribution < 1.29 is 9.84 Å². The maximum absolute atomic E-state index is 9.09. The minimum Gasteiger partial charge on any atom is -0.396 e. The van der Waals surface area contributed by atoms with Crippen molar-refractivity contribution in [1.29, 1.82) is 0 Å². The van der Waals surface area contributed by atoms with Gasteiger partial charge in [-0.15, -0.1) is 0 Å². The Hall–Kier alpha value is -8.84. The van der Waals surface area contributed by atoms with Gasteiger partial charge in [-0.2, -0.15) is 0 Å². The maximum Gasteiger partial charge on any atom is 0.227 e. The number of likely N-dealkylation sites (N-methyl/N-ethyl adjacent to an activating group) is 1. The van der Waals surface area contributed by atoms with Crippen molar-refractivity contribution in [3.63, 3.8) is 0 Å². The number of hydrogen-bond acceptors (Lipinski definition) is 14. The molecule has 0 spiro atoms. The van der Waals surface area contributed by atoms with E-state index < -0.39 is 0 Å². The number of piperazine rings is 1. The van der Waals surface area contributed by atoms with Gasteiger partial charge in [0.1, 0.15) is 0 Å². The highest BCUT2D eigenvalue weighted by atomic mass is 35.5. The fraction of sp³-hybridized carbons (Fsp3) is 0.267. The van der Waals surface area contributed by atoms with Crippen LogP contribution in [-0.4, -0.2) is 129 Å². The molecule has 0 amide bonds. The van der Waals surface area contributed by atoms with Gasteiger partial charge in [0.15, 0.2) is 0 Å². The van der Waals surface area contributed by atoms with E-state index in [2.05, 4.69) is 187 Å². The summed E-state index contributed by atoms with van der Waals surface area (Å²) in [6.07, 6.45) is 13.4. The Bertz CT molecular complexity index is 5140. The van der Waals surface area contributed by atoms with Crippen molar-refractivity contribution in [1.82, 2.24) is 44.6 Å². The number of aromatic nitrogens is 6. The van der Waals surface area contributed by atoms with Crippen LogP contribution in [0.4, 0.5) is 34.9 Å². The summed E-state index contributed by atoms with van der Waals surface area (Å²) < 4.78 is 5.21. The van der Waals surface area contributed by atoms with E-state index in [-0.39, 0.29) is 24.4 Å². The smallest absolute Gasteiger partial charge is 0.227 e. The van der Waals surface area contributed by atoms with Gasteiger partial charge < -0.3 is 35.6 Å². The second-order valence-electron chi connectivity index (χ2n) is 28.5. The summed E-state index contributed by atoms with van der Waals surface area (Å²) in [7, 11) is 3.97. The van der Waals surface area contributed by atoms with E-state index >= 15 is 0 Å². The molecule has 4 heterocycles. The summed E-state index contributed by atoms with van der Waals surface area (Å²) in [6.45, 7) is 12.0. The molecule has 20 heteroatoms. The van der Waals surface area contributed by atoms with Crippen LogP contribution in [0.3, 0.4) is 0 Å². The number of aliphatic hydroxyl groups excluding tert-OH is 1. The molecule has 3 aliphatic carbocycles. The molecule has 3 atom stereocenters. The molecule has 1 fully saturated rings. The zero-order chi connectivity index (χ0) is 76.0. The topological polar surface area (TPSA) is 153 Å². The summed E-state index contributed by atoms with van der Waals surface area (Å²) in [5.74, 6) is 2.27. The highest BCUT2D eigenvalue weighted by Gasteiger charge is 2.32. The maximum atomic E-state index is 9.09. The number of rotatable bonds is 23. The van der Waals surface area contributed by atoms with Gasteiger partial charge in [-0.25, -0.2) is 29.9 Å². The molecule has 3 aromatic heterocycles. The van der Waals surface area contributed by atoms with Gasteiger partial charge in [0, 0.05) is 130 Å². The Balaban J connectivity index is 0.000000139. The third-order valence-electron chi connectivity index (χ3n) is 21.2. The number of anilines is 6. The van der Waals surface area contributed by atoms with Crippen molar-refractivity contribution >= 4 is 105 Å². The number of aliphatic hydroxyl groups is 1. The lowest BCUT2D eigenvalue weighted by atomic mass is 9.78. The van der Waals surface area contributed by atoms with Gasteiger partial charge >= 0.3 is 0 Å². The van der Waals surface area contributed by atoms with Crippen LogP contribution in [0.1, 0.15) is 104 Å². The predicted molar refractivity (Wildman–Crippen MR) is 453 cm³/mol. The molecule has 1 saturated heterocycles. The molecule has 4 N–H and O–H groups in total. The molecular weight excluding hydrogens is 1490 g/mol. The van der Waals surface area contributed by atoms with Crippen molar-refractivity contribution in [3.8, 4) is 33.8 Å². The fourth-order valence-corrected chi connectivity index (χ4v) is 16.0. The normalized spacial score (nSPS) is 15.5. The average molecular weight is 1580 g/mol. The molecular formula is C90H88Cl6N12O2. The second-order valence-corrected chi connectivity index (χ2v) is 31.0. The van der Waals surface area contributed by atoms with Crippen molar-refractivity contribution in [3.05, 3.63) is 316 Å². The molecule has 14 nitrogen and oxygen atoms in total. The molecule has 0 saturated carbocycles. The number of benzene rings is 9. The second kappa shape index (κ2) is 37.0. The minimum absolute atomic E-state index is 0.142. The zero-order valence-corrected chi connectivity index (χ0v) is 66.4. The van der Waals surface area contributed by atoms with Crippen LogP contribution in [0.5, 0.6) is 0 Å². The lowest BCUT2D eigenvalue weighted by Gasteiger charge is -2.34. The highest BCUT2D eigenvalue weighted by Crippen LogP contribution is 2.47. The van der Waals surface area contributed by atoms with Crippen molar-refractivity contribution in [2.75, 3.05) is 95.7 Å². The van der Waals surface area contributed by atoms with Crippen LogP contribution in [0.25, 0.3) is 33.8 Å². The lowest BCUT2D eigenvalue weighted by Crippen LogP contribution is -2.47. The third kappa shape index (κ3) is 19.2. The van der Waals surface area contributed by atoms with Gasteiger partial charge in [-0.1, -0.05) is 210 Å². The number of nitrogens with zero attached hydrogens (tertiary/aromatic N) is 9. The van der Waals surface area contributed by atoms with Gasteiger partial charge in [-0.05, 0) is 198 Å². The van der Waals surface area contributed by atoms with E-state index in [1.165, 1.54) is 40.7 Å². The number of halogens is 6. The Labute approximate surface area is 675 Å². The Morgan fingerprint density at radius 3 is 1.14 bits per heavy atom. The lowest BCUT2D eigenvalue weighted by molar-refractivity contribution is 0.0976. The number of nitrogens with one attached hydrogen (secondary N) is 3. The Morgan fingerprint density at radius 1 is 0.427 bits per heavy atom. The fourth-order valence-electron chi connectivity index (χ4n) is 15.1.